The number of nitrogens with two attached hydrogens (primary N) is 1. The SMILES string of the molecule is [2H]C([2H])([2H])c1c(N)ccc2nccnc12. The minimum atomic E-state index is -2.26. The minimum absolute atomic E-state index is 0.0769. The van der Waals surface area contributed by atoms with Gasteiger partial charge in [-0.15, -0.1) is 0 Å². The number of hydrogen-bond acceptors (Lipinski definition) is 3. The van der Waals surface area contributed by atoms with E-state index < -0.39 is 6.85 Å². The number of nitrogen functional groups attached to an aromatic ring is 1. The topological polar surface area (TPSA) is 51.8 Å². The maximum absolute atomic E-state index is 7.38. The van der Waals surface area contributed by atoms with Crippen LogP contribution in [0.2, 0.25) is 0 Å². The molecule has 0 saturated carbocycles. The first-order valence-electron chi connectivity index (χ1n) is 5.00. The Morgan fingerprint density at radius 1 is 1.33 bits per heavy atom. The molecular formula is C9H9N3. The van der Waals surface area contributed by atoms with Gasteiger partial charge < -0.3 is 5.73 Å². The van der Waals surface area contributed by atoms with Gasteiger partial charge in [-0.3, -0.25) is 9.97 Å². The van der Waals surface area contributed by atoms with E-state index in [9.17, 15) is 0 Å². The smallest absolute Gasteiger partial charge is 0.0936 e. The molecule has 60 valence electrons. The van der Waals surface area contributed by atoms with Crippen molar-refractivity contribution in [1.82, 2.24) is 9.97 Å². The molecule has 0 spiro atoms. The predicted octanol–water partition coefficient (Wildman–Crippen LogP) is 1.52. The molecule has 1 heterocycles. The minimum Gasteiger partial charge on any atom is -0.398 e. The van der Waals surface area contributed by atoms with E-state index in [4.69, 9.17) is 9.85 Å². The van der Waals surface area contributed by atoms with Gasteiger partial charge in [-0.05, 0) is 24.5 Å². The summed E-state index contributed by atoms with van der Waals surface area (Å²) in [7, 11) is 0. The number of hydrogen-bond donors (Lipinski definition) is 1. The average molecular weight is 162 g/mol. The molecule has 0 saturated heterocycles. The van der Waals surface area contributed by atoms with Crippen molar-refractivity contribution in [2.45, 2.75) is 6.85 Å². The van der Waals surface area contributed by atoms with Crippen LogP contribution in [-0.2, 0) is 0 Å². The molecule has 1 aromatic carbocycles. The molecular weight excluding hydrogens is 150 g/mol. The molecule has 3 heteroatoms. The summed E-state index contributed by atoms with van der Waals surface area (Å²) in [6.45, 7) is -2.26. The first-order chi connectivity index (χ1) is 7.00. The molecule has 0 unspecified atom stereocenters. The molecule has 0 aliphatic carbocycles. The lowest BCUT2D eigenvalue weighted by Crippen LogP contribution is -1.92. The van der Waals surface area contributed by atoms with E-state index in [1.807, 2.05) is 0 Å². The molecule has 0 amide bonds. The van der Waals surface area contributed by atoms with Crippen molar-refractivity contribution in [3.05, 3.63) is 30.1 Å². The van der Waals surface area contributed by atoms with Gasteiger partial charge in [-0.1, -0.05) is 0 Å². The van der Waals surface area contributed by atoms with E-state index in [0.29, 0.717) is 11.0 Å². The van der Waals surface area contributed by atoms with E-state index in [1.54, 1.807) is 12.1 Å². The van der Waals surface area contributed by atoms with Crippen molar-refractivity contribution in [1.29, 1.82) is 0 Å². The fourth-order valence-electron chi connectivity index (χ4n) is 1.05. The van der Waals surface area contributed by atoms with Gasteiger partial charge in [-0.2, -0.15) is 0 Å². The molecule has 2 N–H and O–H groups in total. The second-order valence-electron chi connectivity index (χ2n) is 2.45. The summed E-state index contributed by atoms with van der Waals surface area (Å²) < 4.78 is 22.1. The van der Waals surface area contributed by atoms with Gasteiger partial charge in [0, 0.05) is 22.2 Å². The van der Waals surface area contributed by atoms with Crippen LogP contribution < -0.4 is 5.73 Å². The number of aromatic nitrogens is 2. The number of benzene rings is 1. The van der Waals surface area contributed by atoms with Crippen LogP contribution in [0.1, 0.15) is 9.68 Å². The number of fused-ring (bicyclic) bond motifs is 1. The number of anilines is 1. The van der Waals surface area contributed by atoms with Crippen LogP contribution in [0.5, 0.6) is 0 Å². The van der Waals surface area contributed by atoms with Crippen molar-refractivity contribution in [3.8, 4) is 0 Å². The van der Waals surface area contributed by atoms with Crippen LogP contribution >= 0.6 is 0 Å². The van der Waals surface area contributed by atoms with Crippen LogP contribution in [-0.4, -0.2) is 9.97 Å². The Labute approximate surface area is 74.5 Å². The molecule has 0 aliphatic heterocycles. The number of nitrogens with zero attached hydrogens (tertiary/aromatic N) is 2. The van der Waals surface area contributed by atoms with Crippen molar-refractivity contribution in [2.24, 2.45) is 0 Å². The van der Waals surface area contributed by atoms with Gasteiger partial charge in [0.2, 0.25) is 0 Å². The zero-order chi connectivity index (χ0) is 11.1. The Balaban J connectivity index is 2.86. The third kappa shape index (κ3) is 0.906. The van der Waals surface area contributed by atoms with E-state index >= 15 is 0 Å². The number of rotatable bonds is 0. The van der Waals surface area contributed by atoms with E-state index in [0.717, 1.165) is 0 Å². The van der Waals surface area contributed by atoms with Gasteiger partial charge >= 0.3 is 0 Å². The second-order valence-corrected chi connectivity index (χ2v) is 2.45. The Morgan fingerprint density at radius 3 is 3.00 bits per heavy atom. The Hall–Kier alpha value is -1.64. The van der Waals surface area contributed by atoms with Gasteiger partial charge in [0.1, 0.15) is 0 Å². The maximum Gasteiger partial charge on any atom is 0.0936 e. The Bertz CT molecular complexity index is 507. The highest BCUT2D eigenvalue weighted by Gasteiger charge is 2.00. The summed E-state index contributed by atoms with van der Waals surface area (Å²) in [5.41, 5.74) is 6.83. The summed E-state index contributed by atoms with van der Waals surface area (Å²) >= 11 is 0. The largest absolute Gasteiger partial charge is 0.398 e. The van der Waals surface area contributed by atoms with Gasteiger partial charge in [0.05, 0.1) is 11.0 Å². The highest BCUT2D eigenvalue weighted by Crippen LogP contribution is 2.18. The van der Waals surface area contributed by atoms with Crippen LogP contribution in [0, 0.1) is 6.85 Å². The third-order valence-electron chi connectivity index (χ3n) is 1.67. The van der Waals surface area contributed by atoms with E-state index in [1.165, 1.54) is 12.4 Å². The zero-order valence-corrected chi connectivity index (χ0v) is 6.28. The lowest BCUT2D eigenvalue weighted by molar-refractivity contribution is 1.27. The normalized spacial score (nSPS) is 15.2. The summed E-state index contributed by atoms with van der Waals surface area (Å²) in [4.78, 5) is 8.03. The number of aryl methyl sites for hydroxylation is 1. The summed E-state index contributed by atoms with van der Waals surface area (Å²) in [5, 5.41) is 0. The molecule has 3 nitrogen and oxygen atoms in total. The Morgan fingerprint density at radius 2 is 2.17 bits per heavy atom. The molecule has 2 aromatic rings. The van der Waals surface area contributed by atoms with Crippen molar-refractivity contribution in [3.63, 3.8) is 0 Å². The lowest BCUT2D eigenvalue weighted by atomic mass is 10.1. The highest BCUT2D eigenvalue weighted by atomic mass is 14.8. The van der Waals surface area contributed by atoms with Gasteiger partial charge in [0.15, 0.2) is 0 Å². The van der Waals surface area contributed by atoms with Crippen LogP contribution in [0.15, 0.2) is 24.5 Å². The monoisotopic (exact) mass is 162 g/mol. The van der Waals surface area contributed by atoms with Crippen LogP contribution in [0.3, 0.4) is 0 Å². The molecule has 0 aliphatic rings. The first-order valence-corrected chi connectivity index (χ1v) is 3.50. The molecule has 0 bridgehead atoms. The highest BCUT2D eigenvalue weighted by molar-refractivity contribution is 5.82. The Kier molecular flexibility index (Phi) is 0.896. The third-order valence-corrected chi connectivity index (χ3v) is 1.67. The standard InChI is InChI=1S/C9H9N3/c1-6-7(10)2-3-8-9(6)12-5-4-11-8/h2-5H,10H2,1H3/i1D3. The fraction of sp³-hybridized carbons (Fsp3) is 0.111. The average Bonchev–Trinajstić information content (AvgIpc) is 2.15. The van der Waals surface area contributed by atoms with Gasteiger partial charge in [0.25, 0.3) is 0 Å². The molecule has 2 rings (SSSR count). The van der Waals surface area contributed by atoms with Crippen molar-refractivity contribution in [2.75, 3.05) is 5.73 Å². The molecule has 0 atom stereocenters. The quantitative estimate of drug-likeness (QED) is 0.597. The predicted molar refractivity (Wildman–Crippen MR) is 48.7 cm³/mol. The van der Waals surface area contributed by atoms with E-state index in [2.05, 4.69) is 9.97 Å². The van der Waals surface area contributed by atoms with E-state index in [-0.39, 0.29) is 11.3 Å². The maximum atomic E-state index is 7.38. The zero-order valence-electron chi connectivity index (χ0n) is 9.28. The van der Waals surface area contributed by atoms with Crippen molar-refractivity contribution >= 4 is 16.7 Å². The molecule has 12 heavy (non-hydrogen) atoms. The van der Waals surface area contributed by atoms with Crippen LogP contribution in [0.4, 0.5) is 5.69 Å². The summed E-state index contributed by atoms with van der Waals surface area (Å²) in [5.74, 6) is 0. The van der Waals surface area contributed by atoms with Crippen molar-refractivity contribution < 1.29 is 4.11 Å². The molecule has 0 radical (unpaired) electrons. The first kappa shape index (κ1) is 4.40. The lowest BCUT2D eigenvalue weighted by Gasteiger charge is -2.02. The summed E-state index contributed by atoms with van der Waals surface area (Å²) in [6, 6.07) is 3.20. The fourth-order valence-corrected chi connectivity index (χ4v) is 1.05. The molecule has 0 fully saturated rings. The van der Waals surface area contributed by atoms with Gasteiger partial charge in [-0.25, -0.2) is 0 Å². The van der Waals surface area contributed by atoms with Crippen LogP contribution in [0.25, 0.3) is 11.0 Å². The molecule has 1 aromatic heterocycles. The summed E-state index contributed by atoms with van der Waals surface area (Å²) in [6.07, 6.45) is 2.97. The second kappa shape index (κ2) is 2.44.